The summed E-state index contributed by atoms with van der Waals surface area (Å²) < 4.78 is 0. The maximum atomic E-state index is 2.36. The van der Waals surface area contributed by atoms with Gasteiger partial charge in [0.15, 0.2) is 0 Å². The molecule has 0 amide bonds. The molecule has 1 fully saturated rings. The van der Waals surface area contributed by atoms with Gasteiger partial charge in [-0.1, -0.05) is 80.4 Å². The van der Waals surface area contributed by atoms with Crippen LogP contribution in [0.1, 0.15) is 55.6 Å². The standard InChI is InChI=1S/C20H24/c1-2-16-14-9-15-19(17-10-5-3-6-11-17)20(16)18-12-7-4-8-13-18/h3-8,10-13,16,19-20H,2,9,14-15H2,1H3. The molecule has 20 heavy (non-hydrogen) atoms. The van der Waals surface area contributed by atoms with Gasteiger partial charge in [-0.2, -0.15) is 0 Å². The minimum Gasteiger partial charge on any atom is -0.0651 e. The van der Waals surface area contributed by atoms with Gasteiger partial charge in [-0.15, -0.1) is 0 Å². The Morgan fingerprint density at radius 2 is 1.40 bits per heavy atom. The molecule has 0 spiro atoms. The molecule has 1 aliphatic rings. The third-order valence-electron chi connectivity index (χ3n) is 4.97. The summed E-state index contributed by atoms with van der Waals surface area (Å²) in [5, 5.41) is 0. The van der Waals surface area contributed by atoms with E-state index in [9.17, 15) is 0 Å². The molecule has 3 unspecified atom stereocenters. The first-order valence-electron chi connectivity index (χ1n) is 8.00. The Balaban J connectivity index is 1.98. The van der Waals surface area contributed by atoms with Crippen molar-refractivity contribution >= 4 is 0 Å². The van der Waals surface area contributed by atoms with Gasteiger partial charge in [0.1, 0.15) is 0 Å². The van der Waals surface area contributed by atoms with Crippen LogP contribution in [-0.4, -0.2) is 0 Å². The van der Waals surface area contributed by atoms with Crippen LogP contribution in [0.3, 0.4) is 0 Å². The van der Waals surface area contributed by atoms with Crippen molar-refractivity contribution in [3.05, 3.63) is 71.8 Å². The molecule has 0 aromatic heterocycles. The van der Waals surface area contributed by atoms with Gasteiger partial charge in [0.05, 0.1) is 0 Å². The molecule has 1 aliphatic carbocycles. The lowest BCUT2D eigenvalue weighted by molar-refractivity contribution is 0.264. The summed E-state index contributed by atoms with van der Waals surface area (Å²) in [5.41, 5.74) is 3.06. The van der Waals surface area contributed by atoms with Gasteiger partial charge in [-0.3, -0.25) is 0 Å². The molecule has 0 nitrogen and oxygen atoms in total. The second-order valence-electron chi connectivity index (χ2n) is 6.05. The van der Waals surface area contributed by atoms with Crippen molar-refractivity contribution in [1.29, 1.82) is 0 Å². The molecule has 0 heterocycles. The Labute approximate surface area is 122 Å². The van der Waals surface area contributed by atoms with E-state index in [0.717, 1.165) is 5.92 Å². The quantitative estimate of drug-likeness (QED) is 0.660. The average Bonchev–Trinajstić information content (AvgIpc) is 2.55. The zero-order valence-corrected chi connectivity index (χ0v) is 12.3. The highest BCUT2D eigenvalue weighted by atomic mass is 14.4. The van der Waals surface area contributed by atoms with Crippen molar-refractivity contribution in [2.24, 2.45) is 5.92 Å². The molecule has 2 aromatic rings. The van der Waals surface area contributed by atoms with Gasteiger partial charge in [0, 0.05) is 0 Å². The Morgan fingerprint density at radius 3 is 2.00 bits per heavy atom. The SMILES string of the molecule is CCC1CCCC(c2ccccc2)C1c1ccccc1. The highest BCUT2D eigenvalue weighted by Gasteiger charge is 2.33. The van der Waals surface area contributed by atoms with Crippen LogP contribution in [0.4, 0.5) is 0 Å². The maximum absolute atomic E-state index is 2.36. The molecule has 3 atom stereocenters. The number of rotatable bonds is 3. The predicted molar refractivity (Wildman–Crippen MR) is 86.0 cm³/mol. The third kappa shape index (κ3) is 2.65. The van der Waals surface area contributed by atoms with Crippen LogP contribution in [0.2, 0.25) is 0 Å². The van der Waals surface area contributed by atoms with Gasteiger partial charge >= 0.3 is 0 Å². The monoisotopic (exact) mass is 264 g/mol. The smallest absolute Gasteiger partial charge is 0.00649 e. The van der Waals surface area contributed by atoms with E-state index in [1.807, 2.05) is 0 Å². The third-order valence-corrected chi connectivity index (χ3v) is 4.97. The Kier molecular flexibility index (Phi) is 4.20. The van der Waals surface area contributed by atoms with Gasteiger partial charge in [-0.05, 0) is 41.7 Å². The van der Waals surface area contributed by atoms with Gasteiger partial charge in [-0.25, -0.2) is 0 Å². The first kappa shape index (κ1) is 13.4. The van der Waals surface area contributed by atoms with Crippen molar-refractivity contribution in [3.8, 4) is 0 Å². The van der Waals surface area contributed by atoms with Crippen LogP contribution in [0.5, 0.6) is 0 Å². The molecule has 3 rings (SSSR count). The molecule has 0 aliphatic heterocycles. The largest absolute Gasteiger partial charge is 0.0651 e. The Hall–Kier alpha value is -1.56. The highest BCUT2D eigenvalue weighted by Crippen LogP contribution is 2.48. The average molecular weight is 264 g/mol. The minimum atomic E-state index is 0.692. The summed E-state index contributed by atoms with van der Waals surface area (Å²) in [6.07, 6.45) is 5.39. The van der Waals surface area contributed by atoms with Crippen LogP contribution < -0.4 is 0 Å². The molecule has 0 saturated heterocycles. The van der Waals surface area contributed by atoms with Crippen molar-refractivity contribution in [3.63, 3.8) is 0 Å². The van der Waals surface area contributed by atoms with Gasteiger partial charge in [0.25, 0.3) is 0 Å². The van der Waals surface area contributed by atoms with Gasteiger partial charge < -0.3 is 0 Å². The molecular weight excluding hydrogens is 240 g/mol. The molecule has 0 radical (unpaired) electrons. The topological polar surface area (TPSA) is 0 Å². The lowest BCUT2D eigenvalue weighted by Gasteiger charge is -2.39. The summed E-state index contributed by atoms with van der Waals surface area (Å²) >= 11 is 0. The summed E-state index contributed by atoms with van der Waals surface area (Å²) in [7, 11) is 0. The van der Waals surface area contributed by atoms with Crippen LogP contribution >= 0.6 is 0 Å². The number of benzene rings is 2. The van der Waals surface area contributed by atoms with Crippen LogP contribution in [-0.2, 0) is 0 Å². The molecule has 1 saturated carbocycles. The molecular formula is C20H24. The van der Waals surface area contributed by atoms with E-state index in [1.165, 1.54) is 36.8 Å². The van der Waals surface area contributed by atoms with Crippen molar-refractivity contribution in [1.82, 2.24) is 0 Å². The normalized spacial score (nSPS) is 26.4. The van der Waals surface area contributed by atoms with Gasteiger partial charge in [0.2, 0.25) is 0 Å². The fourth-order valence-corrected chi connectivity index (χ4v) is 4.00. The van der Waals surface area contributed by atoms with Crippen LogP contribution in [0.25, 0.3) is 0 Å². The second kappa shape index (κ2) is 6.26. The highest BCUT2D eigenvalue weighted by molar-refractivity contribution is 5.30. The van der Waals surface area contributed by atoms with E-state index in [1.54, 1.807) is 0 Å². The summed E-state index contributed by atoms with van der Waals surface area (Å²) in [4.78, 5) is 0. The first-order valence-corrected chi connectivity index (χ1v) is 8.00. The van der Waals surface area contributed by atoms with E-state index in [0.29, 0.717) is 11.8 Å². The fourth-order valence-electron chi connectivity index (χ4n) is 4.00. The van der Waals surface area contributed by atoms with E-state index in [-0.39, 0.29) is 0 Å². The Bertz CT molecular complexity index is 514. The number of hydrogen-bond acceptors (Lipinski definition) is 0. The van der Waals surface area contributed by atoms with Crippen molar-refractivity contribution in [2.45, 2.75) is 44.4 Å². The lowest BCUT2D eigenvalue weighted by atomic mass is 9.66. The molecule has 104 valence electrons. The molecule has 0 N–H and O–H groups in total. The zero-order chi connectivity index (χ0) is 13.8. The van der Waals surface area contributed by atoms with Crippen molar-refractivity contribution in [2.75, 3.05) is 0 Å². The zero-order valence-electron chi connectivity index (χ0n) is 12.3. The summed E-state index contributed by atoms with van der Waals surface area (Å²) in [6, 6.07) is 22.3. The molecule has 2 aromatic carbocycles. The van der Waals surface area contributed by atoms with E-state index >= 15 is 0 Å². The number of hydrogen-bond donors (Lipinski definition) is 0. The molecule has 0 bridgehead atoms. The van der Waals surface area contributed by atoms with E-state index in [4.69, 9.17) is 0 Å². The van der Waals surface area contributed by atoms with Crippen LogP contribution in [0, 0.1) is 5.92 Å². The first-order chi connectivity index (χ1) is 9.90. The fraction of sp³-hybridized carbons (Fsp3) is 0.400. The molecule has 0 heteroatoms. The summed E-state index contributed by atoms with van der Waals surface area (Å²) in [6.45, 7) is 2.36. The van der Waals surface area contributed by atoms with E-state index < -0.39 is 0 Å². The Morgan fingerprint density at radius 1 is 0.800 bits per heavy atom. The lowest BCUT2D eigenvalue weighted by Crippen LogP contribution is -2.24. The van der Waals surface area contributed by atoms with E-state index in [2.05, 4.69) is 67.6 Å². The van der Waals surface area contributed by atoms with Crippen molar-refractivity contribution < 1.29 is 0 Å². The predicted octanol–water partition coefficient (Wildman–Crippen LogP) is 5.76. The minimum absolute atomic E-state index is 0.692. The summed E-state index contributed by atoms with van der Waals surface area (Å²) in [5.74, 6) is 2.21. The second-order valence-corrected chi connectivity index (χ2v) is 6.05. The maximum Gasteiger partial charge on any atom is -0.00649 e. The van der Waals surface area contributed by atoms with Crippen LogP contribution in [0.15, 0.2) is 60.7 Å².